The number of methoxy groups -OCH3 is 1. The van der Waals surface area contributed by atoms with Crippen molar-refractivity contribution in [3.05, 3.63) is 59.1 Å². The molecule has 1 amide bonds. The quantitative estimate of drug-likeness (QED) is 0.516. The lowest BCUT2D eigenvalue weighted by Gasteiger charge is -2.06. The van der Waals surface area contributed by atoms with Gasteiger partial charge in [0.15, 0.2) is 0 Å². The SMILES string of the molecule is COc1ccc(-c2ccc(/C=C/C(=O)NO)c(Cl)c2)cc1. The maximum atomic E-state index is 10.9. The van der Waals surface area contributed by atoms with E-state index < -0.39 is 5.91 Å². The van der Waals surface area contributed by atoms with E-state index >= 15 is 0 Å². The minimum atomic E-state index is -0.606. The summed E-state index contributed by atoms with van der Waals surface area (Å²) >= 11 is 6.19. The van der Waals surface area contributed by atoms with Gasteiger partial charge in [-0.05, 0) is 41.0 Å². The minimum Gasteiger partial charge on any atom is -0.497 e. The van der Waals surface area contributed by atoms with Gasteiger partial charge in [-0.3, -0.25) is 10.0 Å². The van der Waals surface area contributed by atoms with Crippen LogP contribution in [0.2, 0.25) is 5.02 Å². The molecule has 2 N–H and O–H groups in total. The fraction of sp³-hybridized carbons (Fsp3) is 0.0625. The van der Waals surface area contributed by atoms with Crippen LogP contribution in [0.4, 0.5) is 0 Å². The van der Waals surface area contributed by atoms with Gasteiger partial charge in [-0.1, -0.05) is 35.9 Å². The van der Waals surface area contributed by atoms with Crippen molar-refractivity contribution in [3.8, 4) is 16.9 Å². The molecule has 0 spiro atoms. The van der Waals surface area contributed by atoms with E-state index in [1.807, 2.05) is 42.5 Å². The zero-order valence-corrected chi connectivity index (χ0v) is 12.1. The van der Waals surface area contributed by atoms with E-state index in [0.29, 0.717) is 10.6 Å². The number of carbonyl (C=O) groups is 1. The van der Waals surface area contributed by atoms with Gasteiger partial charge >= 0.3 is 0 Å². The molecule has 0 bridgehead atoms. The number of hydrogen-bond acceptors (Lipinski definition) is 3. The van der Waals surface area contributed by atoms with Gasteiger partial charge in [-0.15, -0.1) is 0 Å². The molecule has 0 aliphatic rings. The molecule has 2 rings (SSSR count). The largest absolute Gasteiger partial charge is 0.497 e. The Labute approximate surface area is 127 Å². The molecule has 0 radical (unpaired) electrons. The first kappa shape index (κ1) is 15.1. The molecule has 0 aliphatic heterocycles. The first-order valence-electron chi connectivity index (χ1n) is 6.20. The summed E-state index contributed by atoms with van der Waals surface area (Å²) < 4.78 is 5.12. The first-order chi connectivity index (χ1) is 10.1. The molecule has 2 aromatic rings. The summed E-state index contributed by atoms with van der Waals surface area (Å²) in [4.78, 5) is 10.9. The Kier molecular flexibility index (Phi) is 4.98. The van der Waals surface area contributed by atoms with Crippen molar-refractivity contribution >= 4 is 23.6 Å². The Morgan fingerprint density at radius 1 is 1.19 bits per heavy atom. The van der Waals surface area contributed by atoms with E-state index in [2.05, 4.69) is 0 Å². The second kappa shape index (κ2) is 6.92. The number of rotatable bonds is 4. The number of amides is 1. The monoisotopic (exact) mass is 303 g/mol. The van der Waals surface area contributed by atoms with Crippen LogP contribution in [0, 0.1) is 0 Å². The van der Waals surface area contributed by atoms with Crippen LogP contribution in [0.5, 0.6) is 5.75 Å². The van der Waals surface area contributed by atoms with E-state index in [4.69, 9.17) is 21.5 Å². The second-order valence-electron chi connectivity index (χ2n) is 4.27. The van der Waals surface area contributed by atoms with Crippen molar-refractivity contribution in [1.82, 2.24) is 5.48 Å². The summed E-state index contributed by atoms with van der Waals surface area (Å²) in [6.07, 6.45) is 2.74. The Balaban J connectivity index is 2.25. The highest BCUT2D eigenvalue weighted by atomic mass is 35.5. The smallest absolute Gasteiger partial charge is 0.267 e. The normalized spacial score (nSPS) is 10.6. The fourth-order valence-corrected chi connectivity index (χ4v) is 2.07. The summed E-state index contributed by atoms with van der Waals surface area (Å²) in [6, 6.07) is 13.2. The number of hydrogen-bond donors (Lipinski definition) is 2. The highest BCUT2D eigenvalue weighted by Gasteiger charge is 2.03. The van der Waals surface area contributed by atoms with Crippen LogP contribution in [0.15, 0.2) is 48.5 Å². The van der Waals surface area contributed by atoms with Crippen LogP contribution in [0.3, 0.4) is 0 Å². The molecule has 0 atom stereocenters. The van der Waals surface area contributed by atoms with Crippen molar-refractivity contribution in [3.63, 3.8) is 0 Å². The zero-order chi connectivity index (χ0) is 15.2. The van der Waals surface area contributed by atoms with Crippen molar-refractivity contribution < 1.29 is 14.7 Å². The van der Waals surface area contributed by atoms with Crippen LogP contribution in [-0.4, -0.2) is 18.2 Å². The maximum absolute atomic E-state index is 10.9. The van der Waals surface area contributed by atoms with E-state index in [1.165, 1.54) is 17.6 Å². The van der Waals surface area contributed by atoms with Gasteiger partial charge in [0.2, 0.25) is 0 Å². The molecule has 0 saturated carbocycles. The highest BCUT2D eigenvalue weighted by molar-refractivity contribution is 6.32. The van der Waals surface area contributed by atoms with Crippen LogP contribution in [-0.2, 0) is 4.79 Å². The van der Waals surface area contributed by atoms with Gasteiger partial charge in [0.1, 0.15) is 5.75 Å². The Morgan fingerprint density at radius 2 is 1.86 bits per heavy atom. The number of benzene rings is 2. The third kappa shape index (κ3) is 3.84. The molecular formula is C16H14ClNO3. The molecular weight excluding hydrogens is 290 g/mol. The molecule has 0 unspecified atom stereocenters. The average molecular weight is 304 g/mol. The van der Waals surface area contributed by atoms with Gasteiger partial charge < -0.3 is 4.74 Å². The number of hydroxylamine groups is 1. The van der Waals surface area contributed by atoms with Crippen LogP contribution in [0.25, 0.3) is 17.2 Å². The van der Waals surface area contributed by atoms with Crippen LogP contribution in [0.1, 0.15) is 5.56 Å². The number of halogens is 1. The average Bonchev–Trinajstić information content (AvgIpc) is 2.53. The molecule has 0 fully saturated rings. The minimum absolute atomic E-state index is 0.519. The Bertz CT molecular complexity index is 666. The lowest BCUT2D eigenvalue weighted by Crippen LogP contribution is -2.14. The predicted octanol–water partition coefficient (Wildman–Crippen LogP) is 3.53. The van der Waals surface area contributed by atoms with Crippen molar-refractivity contribution in [1.29, 1.82) is 0 Å². The predicted molar refractivity (Wildman–Crippen MR) is 82.4 cm³/mol. The Morgan fingerprint density at radius 3 is 2.43 bits per heavy atom. The topological polar surface area (TPSA) is 58.6 Å². The van der Waals surface area contributed by atoms with E-state index in [1.54, 1.807) is 7.11 Å². The molecule has 108 valence electrons. The van der Waals surface area contributed by atoms with Gasteiger partial charge in [0.25, 0.3) is 5.91 Å². The van der Waals surface area contributed by atoms with Crippen molar-refractivity contribution in [2.45, 2.75) is 0 Å². The molecule has 0 saturated heterocycles. The zero-order valence-electron chi connectivity index (χ0n) is 11.3. The standard InChI is InChI=1S/C16H14ClNO3/c1-21-14-7-4-11(5-8-14)13-3-2-12(15(17)10-13)6-9-16(19)18-20/h2-10,20H,1H3,(H,18,19)/b9-6+. The molecule has 4 nitrogen and oxygen atoms in total. The number of carbonyl (C=O) groups excluding carboxylic acids is 1. The van der Waals surface area contributed by atoms with E-state index in [0.717, 1.165) is 16.9 Å². The van der Waals surface area contributed by atoms with Gasteiger partial charge in [0, 0.05) is 11.1 Å². The van der Waals surface area contributed by atoms with Crippen molar-refractivity contribution in [2.24, 2.45) is 0 Å². The first-order valence-corrected chi connectivity index (χ1v) is 6.58. The van der Waals surface area contributed by atoms with Crippen LogP contribution < -0.4 is 10.2 Å². The van der Waals surface area contributed by atoms with E-state index in [-0.39, 0.29) is 0 Å². The van der Waals surface area contributed by atoms with Crippen LogP contribution >= 0.6 is 11.6 Å². The van der Waals surface area contributed by atoms with E-state index in [9.17, 15) is 4.79 Å². The fourth-order valence-electron chi connectivity index (χ4n) is 1.83. The Hall–Kier alpha value is -2.30. The number of nitrogens with one attached hydrogen (secondary N) is 1. The summed E-state index contributed by atoms with van der Waals surface area (Å²) in [5, 5.41) is 8.94. The summed E-state index contributed by atoms with van der Waals surface area (Å²) in [6.45, 7) is 0. The van der Waals surface area contributed by atoms with Gasteiger partial charge in [-0.25, -0.2) is 5.48 Å². The third-order valence-corrected chi connectivity index (χ3v) is 3.28. The third-order valence-electron chi connectivity index (χ3n) is 2.95. The molecule has 21 heavy (non-hydrogen) atoms. The molecule has 0 aromatic heterocycles. The lowest BCUT2D eigenvalue weighted by atomic mass is 10.0. The summed E-state index contributed by atoms with van der Waals surface area (Å²) in [7, 11) is 1.62. The molecule has 0 heterocycles. The molecule has 2 aromatic carbocycles. The van der Waals surface area contributed by atoms with Gasteiger partial charge in [0.05, 0.1) is 7.11 Å². The number of ether oxygens (including phenoxy) is 1. The van der Waals surface area contributed by atoms with Crippen molar-refractivity contribution in [2.75, 3.05) is 7.11 Å². The second-order valence-corrected chi connectivity index (χ2v) is 4.68. The van der Waals surface area contributed by atoms with Gasteiger partial charge in [-0.2, -0.15) is 0 Å². The highest BCUT2D eigenvalue weighted by Crippen LogP contribution is 2.27. The summed E-state index contributed by atoms with van der Waals surface area (Å²) in [5.74, 6) is 0.185. The lowest BCUT2D eigenvalue weighted by molar-refractivity contribution is -0.124. The maximum Gasteiger partial charge on any atom is 0.267 e. The molecule has 0 aliphatic carbocycles. The molecule has 5 heteroatoms. The summed E-state index contributed by atoms with van der Waals surface area (Å²) in [5.41, 5.74) is 4.19.